The zero-order chi connectivity index (χ0) is 23.4. The highest BCUT2D eigenvalue weighted by Crippen LogP contribution is 2.37. The molecule has 0 bridgehead atoms. The van der Waals surface area contributed by atoms with Gasteiger partial charge in [-0.1, -0.05) is 18.2 Å². The molecular weight excluding hydrogens is 444 g/mol. The molecule has 1 saturated heterocycles. The molecule has 5 aromatic rings. The Hall–Kier alpha value is -4.11. The Balaban J connectivity index is 1.27. The summed E-state index contributed by atoms with van der Waals surface area (Å²) in [6.45, 7) is 3.68. The van der Waals surface area contributed by atoms with Gasteiger partial charge in [0.2, 0.25) is 0 Å². The number of fused-ring (bicyclic) bond motifs is 3. The fraction of sp³-hybridized carbons (Fsp3) is 0.269. The molecule has 1 N–H and O–H groups in total. The molecule has 1 fully saturated rings. The van der Waals surface area contributed by atoms with Gasteiger partial charge in [0.05, 0.1) is 54.4 Å². The number of imidazole rings is 1. The van der Waals surface area contributed by atoms with Crippen molar-refractivity contribution >= 4 is 28.1 Å². The third kappa shape index (κ3) is 3.30. The second-order valence-corrected chi connectivity index (χ2v) is 8.98. The molecule has 0 spiro atoms. The molecule has 6 heterocycles. The largest absolute Gasteiger partial charge is 0.458 e. The van der Waals surface area contributed by atoms with Crippen molar-refractivity contribution in [2.24, 2.45) is 0 Å². The quantitative estimate of drug-likeness (QED) is 0.436. The minimum atomic E-state index is -0.410. The maximum absolute atomic E-state index is 14.0. The Morgan fingerprint density at radius 1 is 1.09 bits per heavy atom. The molecule has 0 saturated carbocycles. The van der Waals surface area contributed by atoms with E-state index in [1.807, 2.05) is 47.5 Å². The molecule has 0 aliphatic carbocycles. The molecule has 1 atom stereocenters. The van der Waals surface area contributed by atoms with Gasteiger partial charge in [-0.25, -0.2) is 9.50 Å². The lowest BCUT2D eigenvalue weighted by Crippen LogP contribution is -2.40. The van der Waals surface area contributed by atoms with Crippen LogP contribution in [0, 0.1) is 0 Å². The van der Waals surface area contributed by atoms with Gasteiger partial charge in [0, 0.05) is 37.1 Å². The summed E-state index contributed by atoms with van der Waals surface area (Å²) in [6, 6.07) is 13.5. The Morgan fingerprint density at radius 3 is 2.86 bits per heavy atom. The predicted molar refractivity (Wildman–Crippen MR) is 130 cm³/mol. The third-order valence-electron chi connectivity index (χ3n) is 7.01. The zero-order valence-corrected chi connectivity index (χ0v) is 19.1. The Labute approximate surface area is 200 Å². The lowest BCUT2D eigenvalue weighted by atomic mass is 9.99. The predicted octanol–water partition coefficient (Wildman–Crippen LogP) is 3.43. The normalized spacial score (nSPS) is 18.3. The van der Waals surface area contributed by atoms with Gasteiger partial charge in [0.1, 0.15) is 17.4 Å². The van der Waals surface area contributed by atoms with E-state index in [9.17, 15) is 4.79 Å². The summed E-state index contributed by atoms with van der Waals surface area (Å²) in [6.07, 6.45) is 6.04. The highest BCUT2D eigenvalue weighted by Gasteiger charge is 2.37. The summed E-state index contributed by atoms with van der Waals surface area (Å²) in [5.74, 6) is 0.622. The maximum Gasteiger partial charge on any atom is 0.258 e. The van der Waals surface area contributed by atoms with E-state index in [4.69, 9.17) is 9.15 Å². The number of benzene rings is 1. The average molecular weight is 469 g/mol. The van der Waals surface area contributed by atoms with Gasteiger partial charge >= 0.3 is 0 Å². The number of aromatic amines is 1. The fourth-order valence-electron chi connectivity index (χ4n) is 5.22. The van der Waals surface area contributed by atoms with Gasteiger partial charge in [-0.3, -0.25) is 4.79 Å². The summed E-state index contributed by atoms with van der Waals surface area (Å²) in [5, 5.41) is 5.53. The van der Waals surface area contributed by atoms with Crippen LogP contribution in [-0.4, -0.2) is 63.2 Å². The number of ether oxygens (including phenoxy) is 1. The molecule has 9 nitrogen and oxygen atoms in total. The van der Waals surface area contributed by atoms with Crippen LogP contribution in [-0.2, 0) is 11.2 Å². The van der Waals surface area contributed by atoms with Crippen LogP contribution >= 0.6 is 0 Å². The second kappa shape index (κ2) is 7.99. The number of para-hydroxylation sites is 1. The van der Waals surface area contributed by atoms with Crippen molar-refractivity contribution in [3.63, 3.8) is 0 Å². The molecule has 2 aliphatic rings. The Kier molecular flexibility index (Phi) is 4.63. The van der Waals surface area contributed by atoms with Gasteiger partial charge in [0.25, 0.3) is 5.91 Å². The number of carbonyl (C=O) groups excluding carboxylic acids is 1. The number of rotatable bonds is 3. The molecular formula is C26H24N6O3. The van der Waals surface area contributed by atoms with Crippen molar-refractivity contribution in [3.8, 4) is 0 Å². The fourth-order valence-corrected chi connectivity index (χ4v) is 5.22. The lowest BCUT2D eigenvalue weighted by Gasteiger charge is -2.33. The minimum Gasteiger partial charge on any atom is -0.458 e. The van der Waals surface area contributed by atoms with Crippen LogP contribution in [0.1, 0.15) is 33.5 Å². The van der Waals surface area contributed by atoms with Crippen LogP contribution in [0.4, 0.5) is 5.69 Å². The summed E-state index contributed by atoms with van der Waals surface area (Å²) in [7, 11) is 0. The number of furan rings is 1. The Morgan fingerprint density at radius 2 is 1.97 bits per heavy atom. The summed E-state index contributed by atoms with van der Waals surface area (Å²) >= 11 is 0. The highest BCUT2D eigenvalue weighted by molar-refractivity contribution is 6.01. The standard InChI is InChI=1S/C26H24N6O3/c33-26(19-14-29-32-15-18(5-6-21(19)32)30-9-11-34-12-10-30)31-8-7-20-24(28-16-27-20)25(31)23-13-17-3-1-2-4-22(17)35-23/h1-6,13-16,25H,7-12H2,(H,27,28)/t25-/m1/s1. The molecule has 1 aromatic carbocycles. The van der Waals surface area contributed by atoms with E-state index in [0.717, 1.165) is 46.7 Å². The number of aromatic nitrogens is 4. The highest BCUT2D eigenvalue weighted by atomic mass is 16.5. The van der Waals surface area contributed by atoms with Crippen molar-refractivity contribution < 1.29 is 13.9 Å². The summed E-state index contributed by atoms with van der Waals surface area (Å²) in [4.78, 5) is 25.9. The van der Waals surface area contributed by atoms with E-state index < -0.39 is 6.04 Å². The van der Waals surface area contributed by atoms with Crippen molar-refractivity contribution in [2.75, 3.05) is 37.7 Å². The van der Waals surface area contributed by atoms with E-state index >= 15 is 0 Å². The molecule has 9 heteroatoms. The number of morpholine rings is 1. The van der Waals surface area contributed by atoms with Crippen LogP contribution < -0.4 is 4.90 Å². The molecule has 1 amide bonds. The SMILES string of the molecule is O=C(c1cnn2cc(N3CCOCC3)ccc12)N1CCc2[nH]cnc2[C@H]1c1cc2ccccc2o1. The number of hydrogen-bond donors (Lipinski definition) is 1. The van der Waals surface area contributed by atoms with E-state index in [0.29, 0.717) is 37.5 Å². The molecule has 0 unspecified atom stereocenters. The van der Waals surface area contributed by atoms with Gasteiger partial charge in [0.15, 0.2) is 0 Å². The van der Waals surface area contributed by atoms with Gasteiger partial charge in [-0.15, -0.1) is 0 Å². The number of hydrogen-bond acceptors (Lipinski definition) is 6. The number of carbonyl (C=O) groups is 1. The van der Waals surface area contributed by atoms with Crippen molar-refractivity contribution in [1.29, 1.82) is 0 Å². The maximum atomic E-state index is 14.0. The third-order valence-corrected chi connectivity index (χ3v) is 7.01. The minimum absolute atomic E-state index is 0.0850. The molecule has 0 radical (unpaired) electrons. The number of H-pyrrole nitrogens is 1. The van der Waals surface area contributed by atoms with E-state index in [1.54, 1.807) is 17.0 Å². The summed E-state index contributed by atoms with van der Waals surface area (Å²) < 4.78 is 13.5. The average Bonchev–Trinajstić information content (AvgIpc) is 3.65. The van der Waals surface area contributed by atoms with E-state index in [2.05, 4.69) is 26.0 Å². The molecule has 176 valence electrons. The lowest BCUT2D eigenvalue weighted by molar-refractivity contribution is 0.0675. The number of anilines is 1. The number of amides is 1. The second-order valence-electron chi connectivity index (χ2n) is 8.98. The van der Waals surface area contributed by atoms with Gasteiger partial charge < -0.3 is 23.9 Å². The van der Waals surface area contributed by atoms with Gasteiger partial charge in [-0.2, -0.15) is 5.10 Å². The number of nitrogens with zero attached hydrogens (tertiary/aromatic N) is 5. The zero-order valence-electron chi connectivity index (χ0n) is 19.1. The first-order chi connectivity index (χ1) is 17.3. The smallest absolute Gasteiger partial charge is 0.258 e. The first kappa shape index (κ1) is 20.3. The van der Waals surface area contributed by atoms with Crippen molar-refractivity contribution in [1.82, 2.24) is 24.5 Å². The first-order valence-corrected chi connectivity index (χ1v) is 11.9. The van der Waals surface area contributed by atoms with E-state index in [1.165, 1.54) is 0 Å². The molecule has 35 heavy (non-hydrogen) atoms. The number of nitrogens with one attached hydrogen (secondary N) is 1. The first-order valence-electron chi connectivity index (χ1n) is 11.9. The van der Waals surface area contributed by atoms with Crippen LogP contribution in [0.25, 0.3) is 16.5 Å². The van der Waals surface area contributed by atoms with E-state index in [-0.39, 0.29) is 5.91 Å². The van der Waals surface area contributed by atoms with Gasteiger partial charge in [-0.05, 0) is 24.3 Å². The molecule has 4 aromatic heterocycles. The van der Waals surface area contributed by atoms with Crippen LogP contribution in [0.5, 0.6) is 0 Å². The van der Waals surface area contributed by atoms with Crippen molar-refractivity contribution in [2.45, 2.75) is 12.5 Å². The molecule has 7 rings (SSSR count). The topological polar surface area (TPSA) is 91.9 Å². The monoisotopic (exact) mass is 468 g/mol. The molecule has 2 aliphatic heterocycles. The van der Waals surface area contributed by atoms with Crippen LogP contribution in [0.3, 0.4) is 0 Å². The van der Waals surface area contributed by atoms with Crippen LogP contribution in [0.15, 0.2) is 65.6 Å². The van der Waals surface area contributed by atoms with Crippen LogP contribution in [0.2, 0.25) is 0 Å². The Bertz CT molecular complexity index is 1510. The van der Waals surface area contributed by atoms with Crippen molar-refractivity contribution in [3.05, 3.63) is 83.9 Å². The number of pyridine rings is 1. The summed E-state index contributed by atoms with van der Waals surface area (Å²) in [5.41, 5.74) is 5.08.